The number of nitrogens with zero attached hydrogens (tertiary/aromatic N) is 14. The number of nitrogens with one attached hydrogen (secondary N) is 2. The van der Waals surface area contributed by atoms with Crippen LogP contribution in [0.4, 0.5) is 68.2 Å². The fourth-order valence-corrected chi connectivity index (χ4v) is 11.0. The van der Waals surface area contributed by atoms with E-state index in [1.807, 2.05) is 0 Å². The van der Waals surface area contributed by atoms with Crippen molar-refractivity contribution in [1.82, 2.24) is 0 Å². The van der Waals surface area contributed by atoms with Gasteiger partial charge in [0.05, 0.1) is 72.3 Å². The quantitative estimate of drug-likeness (QED) is 0.00517. The molecule has 0 aromatic heterocycles. The summed E-state index contributed by atoms with van der Waals surface area (Å²) in [5.74, 6) is -6.62. The maximum absolute atomic E-state index is 12.3. The minimum atomic E-state index is -4.93. The molecule has 4 unspecified atom stereocenters. The van der Waals surface area contributed by atoms with E-state index in [1.54, 1.807) is 48.5 Å². The van der Waals surface area contributed by atoms with Crippen LogP contribution in [0.15, 0.2) is 240 Å². The molecule has 2 amide bonds. The van der Waals surface area contributed by atoms with Crippen LogP contribution >= 0.6 is 46.4 Å². The smallest absolute Gasteiger partial charge is 0.860 e. The van der Waals surface area contributed by atoms with Crippen molar-refractivity contribution in [2.45, 2.75) is 71.4 Å². The standard InChI is InChI=1S/4C16H13ClN4O7S.Ca/c4*1-9(22)15(16(23)18-12-5-3-2-4-11(12)17)20-19-13-7-6-10(29(26,27)28)8-14(13)21(24)25;/h4*2-8,15H,1H3,(H,18,23)(H,26,27,28);/q;;;;+2/p-4. The van der Waals surface area contributed by atoms with E-state index in [2.05, 4.69) is 61.5 Å². The van der Waals surface area contributed by atoms with Crippen molar-refractivity contribution in [2.24, 2.45) is 50.9 Å². The molecular weight excluding hydrogens is 1750 g/mol. The van der Waals surface area contributed by atoms with Gasteiger partial charge in [-0.1, -0.05) is 94.9 Å². The van der Waals surface area contributed by atoms with Crippen molar-refractivity contribution in [2.75, 3.05) is 10.6 Å². The van der Waals surface area contributed by atoms with E-state index >= 15 is 0 Å². The van der Waals surface area contributed by atoms with Crippen molar-refractivity contribution >= 4 is 240 Å². The average Bonchev–Trinajstić information content (AvgIpc) is 0.825. The first kappa shape index (κ1) is 97.7. The number of carbonyl (C=O) groups excluding carboxylic acids is 6. The second kappa shape index (κ2) is 43.4. The Kier molecular flexibility index (Phi) is 36.2. The van der Waals surface area contributed by atoms with Crippen LogP contribution in [-0.2, 0) is 69.2 Å². The zero-order chi connectivity index (χ0) is 87.1. The number of benzene rings is 8. The molecule has 0 saturated carbocycles. The number of Topliss-reactive ketones (excluding diaryl/α,β-unsaturated/α-hetero) is 4. The summed E-state index contributed by atoms with van der Waals surface area (Å²) in [6.45, 7) is 4.24. The maximum atomic E-state index is 12.3. The summed E-state index contributed by atoms with van der Waals surface area (Å²) < 4.78 is 129. The van der Waals surface area contributed by atoms with E-state index < -0.39 is 196 Å². The molecule has 4 atom stereocenters. The van der Waals surface area contributed by atoms with Gasteiger partial charge in [0.15, 0.2) is 58.0 Å². The molecule has 608 valence electrons. The third-order valence-corrected chi connectivity index (χ3v) is 18.5. The number of carbonyl (C=O) groups is 6. The summed E-state index contributed by atoms with van der Waals surface area (Å²) in [5, 5.41) is 103. The molecule has 0 bridgehead atoms. The normalized spacial score (nSPS) is 12.9. The van der Waals surface area contributed by atoms with Gasteiger partial charge < -0.3 is 30.0 Å². The Bertz CT molecular complexity index is 5580. The Hall–Kier alpha value is -11.6. The van der Waals surface area contributed by atoms with Crippen molar-refractivity contribution in [1.29, 1.82) is 0 Å². The average molecular weight is 1800 g/mol. The Morgan fingerprint density at radius 1 is 0.359 bits per heavy atom. The third kappa shape index (κ3) is 29.6. The minimum Gasteiger partial charge on any atom is -0.860 e. The number of amides is 2. The van der Waals surface area contributed by atoms with Gasteiger partial charge in [-0.05, 0) is 137 Å². The molecule has 0 radical (unpaired) electrons. The number of nitro groups is 4. The summed E-state index contributed by atoms with van der Waals surface area (Å²) in [7, 11) is -19.2. The molecule has 0 saturated heterocycles. The van der Waals surface area contributed by atoms with E-state index in [0.29, 0.717) is 24.3 Å². The number of azo groups is 4. The van der Waals surface area contributed by atoms with Gasteiger partial charge in [0.2, 0.25) is 12.1 Å². The van der Waals surface area contributed by atoms with Crippen LogP contribution in [0.1, 0.15) is 27.7 Å². The first-order valence-electron chi connectivity index (χ1n) is 30.8. The molecule has 0 spiro atoms. The van der Waals surface area contributed by atoms with Crippen molar-refractivity contribution in [3.8, 4) is 0 Å². The van der Waals surface area contributed by atoms with Crippen LogP contribution in [0.2, 0.25) is 20.1 Å². The number of aliphatic imine (C=N–C) groups is 2. The van der Waals surface area contributed by atoms with E-state index in [9.17, 15) is 122 Å². The fraction of sp³-hybridized carbons (Fsp3) is 0.125. The number of ketones is 4. The van der Waals surface area contributed by atoms with Gasteiger partial charge in [-0.25, -0.2) is 16.8 Å². The molecule has 0 aliphatic heterocycles. The summed E-state index contributed by atoms with van der Waals surface area (Å²) in [5.41, 5.74) is -4.39. The van der Waals surface area contributed by atoms with Crippen LogP contribution < -0.4 is 20.8 Å². The van der Waals surface area contributed by atoms with Crippen molar-refractivity contribution < 1.29 is 111 Å². The van der Waals surface area contributed by atoms with Crippen molar-refractivity contribution in [3.63, 3.8) is 0 Å². The topological polar surface area (TPSA) is 692 Å². The predicted molar refractivity (Wildman–Crippen MR) is 407 cm³/mol. The summed E-state index contributed by atoms with van der Waals surface area (Å²) >= 11 is 23.7. The van der Waals surface area contributed by atoms with E-state index in [4.69, 9.17) is 55.5 Å². The fourth-order valence-electron chi connectivity index (χ4n) is 8.27. The van der Waals surface area contributed by atoms with Crippen LogP contribution in [0.25, 0.3) is 0 Å². The number of nitro benzene ring substituents is 4. The van der Waals surface area contributed by atoms with Gasteiger partial charge in [-0.3, -0.25) is 88.3 Å². The number of halogens is 4. The number of hydrogen-bond donors (Lipinski definition) is 4. The molecule has 0 aliphatic rings. The minimum absolute atomic E-state index is 0. The largest absolute Gasteiger partial charge is 2.00 e. The summed E-state index contributed by atoms with van der Waals surface area (Å²) in [6, 6.07) is 27.0. The second-order valence-electron chi connectivity index (χ2n) is 22.1. The second-order valence-corrected chi connectivity index (χ2v) is 29.4. The number of hydrogen-bond acceptors (Lipinski definition) is 36. The van der Waals surface area contributed by atoms with E-state index in [-0.39, 0.29) is 80.6 Å². The van der Waals surface area contributed by atoms with Gasteiger partial charge in [0.1, 0.15) is 30.0 Å². The summed E-state index contributed by atoms with van der Waals surface area (Å²) in [4.78, 5) is 117. The van der Waals surface area contributed by atoms with Crippen LogP contribution in [0, 0.1) is 40.5 Å². The van der Waals surface area contributed by atoms with Crippen LogP contribution in [0.5, 0.6) is 0 Å². The van der Waals surface area contributed by atoms with Crippen LogP contribution in [-0.4, -0.2) is 180 Å². The number of anilines is 2. The van der Waals surface area contributed by atoms with Gasteiger partial charge >= 0.3 is 37.7 Å². The van der Waals surface area contributed by atoms with Gasteiger partial charge in [-0.15, -0.1) is 20.5 Å². The molecular formula is C64H48CaCl4N16O28S4-2. The Labute approximate surface area is 707 Å². The molecule has 8 aromatic rings. The zero-order valence-electron chi connectivity index (χ0n) is 59.1. The monoisotopic (exact) mass is 1800 g/mol. The summed E-state index contributed by atoms with van der Waals surface area (Å²) in [6.07, 6.45) is 0. The molecule has 4 N–H and O–H groups in total. The Morgan fingerprint density at radius 2 is 0.590 bits per heavy atom. The molecule has 0 aliphatic carbocycles. The molecule has 44 nitrogen and oxygen atoms in total. The molecule has 8 aromatic carbocycles. The molecule has 8 rings (SSSR count). The zero-order valence-corrected chi connectivity index (χ0v) is 67.6. The van der Waals surface area contributed by atoms with E-state index in [1.165, 1.54) is 48.5 Å². The Morgan fingerprint density at radius 3 is 0.821 bits per heavy atom. The molecule has 117 heavy (non-hydrogen) atoms. The first-order chi connectivity index (χ1) is 54.0. The first-order valence-corrected chi connectivity index (χ1v) is 38.0. The maximum Gasteiger partial charge on any atom is 2.00 e. The molecule has 0 heterocycles. The van der Waals surface area contributed by atoms with Gasteiger partial charge in [0.25, 0.3) is 54.8 Å². The predicted octanol–water partition coefficient (Wildman–Crippen LogP) is 10.5. The Balaban J connectivity index is 0.000000327. The number of rotatable bonds is 28. The SMILES string of the molecule is CC(=O)C(N=Nc1ccc(S(=O)(=O)O)cc1[N+](=O)[O-])C(=O)Nc1ccccc1Cl.CC(=O)C(N=Nc1ccc(S(=O)(=O)O)cc1[N+](=O)[O-])C(=O)Nc1ccccc1Cl.CC(=O)C(N=Nc1ccc(S(=O)(=O)[O-])cc1[N+](=O)[O-])C([O-])=Nc1ccccc1Cl.CC(=O)C(N=Nc1ccc(S(=O)(=O)[O-])cc1[N+](=O)[O-])C([O-])=Nc1ccccc1Cl.[Ca+2]. The molecule has 0 fully saturated rings. The number of para-hydroxylation sites is 4. The third-order valence-electron chi connectivity index (χ3n) is 13.8. The van der Waals surface area contributed by atoms with Crippen molar-refractivity contribution in [3.05, 3.63) is 230 Å². The molecule has 53 heteroatoms. The van der Waals surface area contributed by atoms with Gasteiger partial charge in [-0.2, -0.15) is 37.3 Å². The van der Waals surface area contributed by atoms with Crippen LogP contribution in [0.3, 0.4) is 0 Å². The van der Waals surface area contributed by atoms with Gasteiger partial charge in [0, 0.05) is 24.3 Å². The van der Waals surface area contributed by atoms with E-state index in [0.717, 1.165) is 76.2 Å².